The second-order valence-corrected chi connectivity index (χ2v) is 4.47. The van der Waals surface area contributed by atoms with Crippen LogP contribution in [0.25, 0.3) is 0 Å². The van der Waals surface area contributed by atoms with Crippen molar-refractivity contribution in [2.24, 2.45) is 0 Å². The number of hydrogen-bond acceptors (Lipinski definition) is 4. The first-order valence-corrected chi connectivity index (χ1v) is 6.10. The zero-order chi connectivity index (χ0) is 10.7. The molecule has 15 heavy (non-hydrogen) atoms. The van der Waals surface area contributed by atoms with Crippen LogP contribution in [0.5, 0.6) is 0 Å². The summed E-state index contributed by atoms with van der Waals surface area (Å²) < 4.78 is 0. The Labute approximate surface area is 93.3 Å². The van der Waals surface area contributed by atoms with Crippen molar-refractivity contribution in [3.8, 4) is 0 Å². The summed E-state index contributed by atoms with van der Waals surface area (Å²) in [4.78, 5) is 17.9. The molecule has 1 aromatic rings. The molecule has 1 saturated heterocycles. The van der Waals surface area contributed by atoms with Crippen LogP contribution in [0.15, 0.2) is 10.9 Å². The monoisotopic (exact) mass is 225 g/mol. The molecule has 82 valence electrons. The van der Waals surface area contributed by atoms with Crippen LogP contribution in [-0.4, -0.2) is 42.0 Å². The molecule has 1 unspecified atom stereocenters. The number of aromatic nitrogens is 1. The topological polar surface area (TPSA) is 45.2 Å². The predicted molar refractivity (Wildman–Crippen MR) is 60.1 cm³/mol. The van der Waals surface area contributed by atoms with E-state index in [1.54, 1.807) is 5.51 Å². The van der Waals surface area contributed by atoms with Gasteiger partial charge in [-0.1, -0.05) is 0 Å². The molecule has 4 nitrogen and oxygen atoms in total. The van der Waals surface area contributed by atoms with E-state index in [9.17, 15) is 4.79 Å². The Bertz CT molecular complexity index is 325. The van der Waals surface area contributed by atoms with Crippen molar-refractivity contribution < 1.29 is 4.79 Å². The summed E-state index contributed by atoms with van der Waals surface area (Å²) in [5, 5.41) is 5.03. The molecule has 0 radical (unpaired) electrons. The molecule has 1 fully saturated rings. The van der Waals surface area contributed by atoms with Gasteiger partial charge in [-0.2, -0.15) is 0 Å². The SMILES string of the molecule is CNC1CCCN(C(=O)c2cscn2)C1. The average Bonchev–Trinajstić information content (AvgIpc) is 2.81. The quantitative estimate of drug-likeness (QED) is 0.815. The largest absolute Gasteiger partial charge is 0.336 e. The fraction of sp³-hybridized carbons (Fsp3) is 0.600. The highest BCUT2D eigenvalue weighted by molar-refractivity contribution is 7.07. The van der Waals surface area contributed by atoms with Crippen molar-refractivity contribution in [3.05, 3.63) is 16.6 Å². The van der Waals surface area contributed by atoms with E-state index in [0.29, 0.717) is 11.7 Å². The zero-order valence-electron chi connectivity index (χ0n) is 8.77. The van der Waals surface area contributed by atoms with E-state index < -0.39 is 0 Å². The van der Waals surface area contributed by atoms with Crippen molar-refractivity contribution in [1.29, 1.82) is 0 Å². The third-order valence-corrected chi connectivity index (χ3v) is 3.35. The van der Waals surface area contributed by atoms with Gasteiger partial charge in [0.05, 0.1) is 5.51 Å². The molecule has 0 bridgehead atoms. The minimum atomic E-state index is 0.0659. The Morgan fingerprint density at radius 1 is 1.73 bits per heavy atom. The maximum atomic E-state index is 12.0. The van der Waals surface area contributed by atoms with E-state index in [1.165, 1.54) is 11.3 Å². The molecule has 1 atom stereocenters. The number of carbonyl (C=O) groups is 1. The molecule has 2 rings (SSSR count). The number of amides is 1. The lowest BCUT2D eigenvalue weighted by molar-refractivity contribution is 0.0693. The molecule has 0 aromatic carbocycles. The molecule has 1 aromatic heterocycles. The van der Waals surface area contributed by atoms with Gasteiger partial charge in [0.15, 0.2) is 0 Å². The van der Waals surface area contributed by atoms with Crippen LogP contribution in [0.2, 0.25) is 0 Å². The summed E-state index contributed by atoms with van der Waals surface area (Å²) in [5.74, 6) is 0.0659. The van der Waals surface area contributed by atoms with Gasteiger partial charge in [-0.25, -0.2) is 4.98 Å². The van der Waals surface area contributed by atoms with Crippen LogP contribution in [-0.2, 0) is 0 Å². The van der Waals surface area contributed by atoms with Gasteiger partial charge < -0.3 is 10.2 Å². The van der Waals surface area contributed by atoms with Gasteiger partial charge in [-0.05, 0) is 19.9 Å². The lowest BCUT2D eigenvalue weighted by atomic mass is 10.1. The molecular formula is C10H15N3OS. The minimum Gasteiger partial charge on any atom is -0.336 e. The smallest absolute Gasteiger partial charge is 0.273 e. The van der Waals surface area contributed by atoms with Gasteiger partial charge in [0.2, 0.25) is 0 Å². The van der Waals surface area contributed by atoms with E-state index in [4.69, 9.17) is 0 Å². The van der Waals surface area contributed by atoms with Crippen molar-refractivity contribution in [3.63, 3.8) is 0 Å². The highest BCUT2D eigenvalue weighted by Crippen LogP contribution is 2.13. The number of nitrogens with zero attached hydrogens (tertiary/aromatic N) is 2. The van der Waals surface area contributed by atoms with Crippen molar-refractivity contribution in [2.45, 2.75) is 18.9 Å². The van der Waals surface area contributed by atoms with Crippen molar-refractivity contribution in [2.75, 3.05) is 20.1 Å². The first-order chi connectivity index (χ1) is 7.31. The number of carbonyl (C=O) groups excluding carboxylic acids is 1. The second-order valence-electron chi connectivity index (χ2n) is 3.75. The fourth-order valence-corrected chi connectivity index (χ4v) is 2.40. The summed E-state index contributed by atoms with van der Waals surface area (Å²) in [7, 11) is 1.95. The van der Waals surface area contributed by atoms with Crippen LogP contribution >= 0.6 is 11.3 Å². The Kier molecular flexibility index (Phi) is 3.33. The Hall–Kier alpha value is -0.940. The fourth-order valence-electron chi connectivity index (χ4n) is 1.88. The van der Waals surface area contributed by atoms with Crippen LogP contribution < -0.4 is 5.32 Å². The van der Waals surface area contributed by atoms with Crippen molar-refractivity contribution >= 4 is 17.2 Å². The number of likely N-dealkylation sites (tertiary alicyclic amines) is 1. The van der Waals surface area contributed by atoms with Gasteiger partial charge >= 0.3 is 0 Å². The first-order valence-electron chi connectivity index (χ1n) is 5.16. The summed E-state index contributed by atoms with van der Waals surface area (Å²) in [6.45, 7) is 1.65. The summed E-state index contributed by atoms with van der Waals surface area (Å²) in [5.41, 5.74) is 2.28. The number of piperidine rings is 1. The van der Waals surface area contributed by atoms with Gasteiger partial charge in [-0.15, -0.1) is 11.3 Å². The van der Waals surface area contributed by atoms with Crippen LogP contribution in [0.1, 0.15) is 23.3 Å². The number of rotatable bonds is 2. The summed E-state index contributed by atoms with van der Waals surface area (Å²) >= 11 is 1.46. The van der Waals surface area contributed by atoms with Crippen LogP contribution in [0, 0.1) is 0 Å². The normalized spacial score (nSPS) is 21.7. The van der Waals surface area contributed by atoms with E-state index in [-0.39, 0.29) is 5.91 Å². The molecule has 1 aliphatic rings. The molecule has 1 aliphatic heterocycles. The van der Waals surface area contributed by atoms with E-state index in [1.807, 2.05) is 17.3 Å². The van der Waals surface area contributed by atoms with Gasteiger partial charge in [0.1, 0.15) is 5.69 Å². The van der Waals surface area contributed by atoms with Gasteiger partial charge in [0.25, 0.3) is 5.91 Å². The standard InChI is InChI=1S/C10H15N3OS/c1-11-8-3-2-4-13(5-8)10(14)9-6-15-7-12-9/h6-8,11H,2-5H2,1H3. The maximum Gasteiger partial charge on any atom is 0.273 e. The lowest BCUT2D eigenvalue weighted by Gasteiger charge is -2.32. The molecular weight excluding hydrogens is 210 g/mol. The number of nitrogens with one attached hydrogen (secondary N) is 1. The second kappa shape index (κ2) is 4.72. The number of thiazole rings is 1. The third-order valence-electron chi connectivity index (χ3n) is 2.77. The number of hydrogen-bond donors (Lipinski definition) is 1. The lowest BCUT2D eigenvalue weighted by Crippen LogP contribution is -2.47. The van der Waals surface area contributed by atoms with Gasteiger partial charge in [0, 0.05) is 24.5 Å². The summed E-state index contributed by atoms with van der Waals surface area (Å²) in [6, 6.07) is 0.432. The minimum absolute atomic E-state index is 0.0659. The molecule has 0 saturated carbocycles. The molecule has 1 N–H and O–H groups in total. The molecule has 2 heterocycles. The van der Waals surface area contributed by atoms with Crippen molar-refractivity contribution in [1.82, 2.24) is 15.2 Å². The zero-order valence-corrected chi connectivity index (χ0v) is 9.59. The third kappa shape index (κ3) is 2.35. The van der Waals surface area contributed by atoms with E-state index >= 15 is 0 Å². The van der Waals surface area contributed by atoms with E-state index in [0.717, 1.165) is 25.9 Å². The van der Waals surface area contributed by atoms with Crippen LogP contribution in [0.3, 0.4) is 0 Å². The van der Waals surface area contributed by atoms with Gasteiger partial charge in [-0.3, -0.25) is 4.79 Å². The highest BCUT2D eigenvalue weighted by Gasteiger charge is 2.24. The Morgan fingerprint density at radius 2 is 2.60 bits per heavy atom. The molecule has 5 heteroatoms. The predicted octanol–water partition coefficient (Wildman–Crippen LogP) is 0.967. The number of likely N-dealkylation sites (N-methyl/N-ethyl adjacent to an activating group) is 1. The van der Waals surface area contributed by atoms with E-state index in [2.05, 4.69) is 10.3 Å². The Balaban J connectivity index is 2.01. The Morgan fingerprint density at radius 3 is 3.27 bits per heavy atom. The highest BCUT2D eigenvalue weighted by atomic mass is 32.1. The van der Waals surface area contributed by atoms with Crippen LogP contribution in [0.4, 0.5) is 0 Å². The maximum absolute atomic E-state index is 12.0. The average molecular weight is 225 g/mol. The molecule has 0 spiro atoms. The first kappa shape index (κ1) is 10.6. The molecule has 0 aliphatic carbocycles. The molecule has 1 amide bonds. The summed E-state index contributed by atoms with van der Waals surface area (Å²) in [6.07, 6.45) is 2.22.